The summed E-state index contributed by atoms with van der Waals surface area (Å²) < 4.78 is 13.6. The molecular formula is C15H14FN3O. The Kier molecular flexibility index (Phi) is 3.02. The molecule has 0 aliphatic heterocycles. The van der Waals surface area contributed by atoms with Crippen molar-refractivity contribution in [3.8, 4) is 0 Å². The van der Waals surface area contributed by atoms with Crippen molar-refractivity contribution < 1.29 is 4.39 Å². The molecule has 0 saturated heterocycles. The Morgan fingerprint density at radius 3 is 2.65 bits per heavy atom. The second-order valence-electron chi connectivity index (χ2n) is 4.73. The minimum atomic E-state index is -0.282. The van der Waals surface area contributed by atoms with Crippen LogP contribution in [0.4, 0.5) is 10.1 Å². The smallest absolute Gasteiger partial charge is 0.323 e. The summed E-state index contributed by atoms with van der Waals surface area (Å²) in [5, 5.41) is 3.12. The minimum absolute atomic E-state index is 0.0743. The molecule has 4 nitrogen and oxygen atoms in total. The number of hydrogen-bond acceptors (Lipinski definition) is 2. The largest absolute Gasteiger partial charge is 0.376 e. The lowest BCUT2D eigenvalue weighted by molar-refractivity contribution is 0.627. The lowest BCUT2D eigenvalue weighted by Crippen LogP contribution is -2.07. The van der Waals surface area contributed by atoms with E-state index < -0.39 is 0 Å². The Bertz CT molecular complexity index is 806. The first-order chi connectivity index (χ1) is 9.63. The number of aromatic nitrogens is 2. The summed E-state index contributed by atoms with van der Waals surface area (Å²) >= 11 is 0. The van der Waals surface area contributed by atoms with Crippen LogP contribution in [0.5, 0.6) is 0 Å². The van der Waals surface area contributed by atoms with E-state index >= 15 is 0 Å². The highest BCUT2D eigenvalue weighted by Gasteiger charge is 2.09. The number of anilines is 1. The molecule has 3 aromatic rings. The van der Waals surface area contributed by atoms with Gasteiger partial charge in [0.05, 0.1) is 16.7 Å². The summed E-state index contributed by atoms with van der Waals surface area (Å²) in [4.78, 5) is 16.6. The highest BCUT2D eigenvalue weighted by molar-refractivity contribution is 5.75. The number of imidazole rings is 1. The third-order valence-corrected chi connectivity index (χ3v) is 3.29. The van der Waals surface area contributed by atoms with E-state index in [0.29, 0.717) is 5.69 Å². The van der Waals surface area contributed by atoms with Crippen molar-refractivity contribution in [3.63, 3.8) is 0 Å². The second kappa shape index (κ2) is 4.85. The third kappa shape index (κ3) is 2.30. The molecule has 3 rings (SSSR count). The summed E-state index contributed by atoms with van der Waals surface area (Å²) in [6.45, 7) is 1.94. The quantitative estimate of drug-likeness (QED) is 0.685. The molecule has 0 spiro atoms. The zero-order valence-electron chi connectivity index (χ0n) is 10.9. The first-order valence-corrected chi connectivity index (χ1v) is 6.36. The zero-order valence-corrected chi connectivity index (χ0v) is 10.9. The van der Waals surface area contributed by atoms with Crippen LogP contribution in [-0.4, -0.2) is 9.97 Å². The van der Waals surface area contributed by atoms with E-state index in [0.717, 1.165) is 16.6 Å². The van der Waals surface area contributed by atoms with E-state index in [1.54, 1.807) is 18.2 Å². The van der Waals surface area contributed by atoms with Crippen molar-refractivity contribution in [2.45, 2.75) is 13.0 Å². The highest BCUT2D eigenvalue weighted by Crippen LogP contribution is 2.23. The lowest BCUT2D eigenvalue weighted by Gasteiger charge is -2.16. The normalized spacial score (nSPS) is 12.5. The molecule has 1 atom stereocenters. The Labute approximate surface area is 114 Å². The van der Waals surface area contributed by atoms with Gasteiger partial charge in [-0.3, -0.25) is 0 Å². The number of hydrogen-bond donors (Lipinski definition) is 3. The second-order valence-corrected chi connectivity index (χ2v) is 4.73. The van der Waals surface area contributed by atoms with Crippen LogP contribution >= 0.6 is 0 Å². The van der Waals surface area contributed by atoms with E-state index in [-0.39, 0.29) is 17.5 Å². The predicted octanol–water partition coefficient (Wildman–Crippen LogP) is 3.17. The molecule has 102 valence electrons. The van der Waals surface area contributed by atoms with Gasteiger partial charge in [0.15, 0.2) is 0 Å². The topological polar surface area (TPSA) is 60.7 Å². The van der Waals surface area contributed by atoms with Crippen molar-refractivity contribution >= 4 is 16.7 Å². The number of rotatable bonds is 3. The standard InChI is InChI=1S/C15H14FN3O/c1-9(17-12-5-3-2-4-11(12)16)10-6-7-13-14(8-10)19-15(20)18-13/h2-9,17H,1H3,(H2,18,19,20). The monoisotopic (exact) mass is 271 g/mol. The number of benzene rings is 2. The third-order valence-electron chi connectivity index (χ3n) is 3.29. The van der Waals surface area contributed by atoms with Gasteiger partial charge in [-0.05, 0) is 36.8 Å². The van der Waals surface area contributed by atoms with Gasteiger partial charge in [-0.25, -0.2) is 9.18 Å². The van der Waals surface area contributed by atoms with E-state index in [4.69, 9.17) is 0 Å². The van der Waals surface area contributed by atoms with Gasteiger partial charge in [0, 0.05) is 6.04 Å². The predicted molar refractivity (Wildman–Crippen MR) is 77.4 cm³/mol. The number of fused-ring (bicyclic) bond motifs is 1. The number of halogens is 1. The molecule has 1 unspecified atom stereocenters. The average Bonchev–Trinajstić information content (AvgIpc) is 2.80. The molecule has 1 aromatic heterocycles. The van der Waals surface area contributed by atoms with E-state index in [1.165, 1.54) is 6.07 Å². The molecule has 0 aliphatic rings. The molecule has 0 saturated carbocycles. The lowest BCUT2D eigenvalue weighted by atomic mass is 10.1. The number of aromatic amines is 2. The van der Waals surface area contributed by atoms with E-state index in [2.05, 4.69) is 15.3 Å². The molecule has 0 amide bonds. The van der Waals surface area contributed by atoms with Gasteiger partial charge < -0.3 is 15.3 Å². The van der Waals surface area contributed by atoms with E-state index in [9.17, 15) is 9.18 Å². The molecule has 3 N–H and O–H groups in total. The molecule has 20 heavy (non-hydrogen) atoms. The average molecular weight is 271 g/mol. The SMILES string of the molecule is CC(Nc1ccccc1F)c1ccc2[nH]c(=O)[nH]c2c1. The fourth-order valence-corrected chi connectivity index (χ4v) is 2.21. The summed E-state index contributed by atoms with van der Waals surface area (Å²) in [6.07, 6.45) is 0. The molecular weight excluding hydrogens is 257 g/mol. The van der Waals surface area contributed by atoms with Crippen molar-refractivity contribution in [3.05, 3.63) is 64.3 Å². The Morgan fingerprint density at radius 2 is 1.85 bits per heavy atom. The van der Waals surface area contributed by atoms with Crippen LogP contribution in [0, 0.1) is 5.82 Å². The summed E-state index contributed by atoms with van der Waals surface area (Å²) in [7, 11) is 0. The van der Waals surface area contributed by atoms with Crippen molar-refractivity contribution in [1.82, 2.24) is 9.97 Å². The first-order valence-electron chi connectivity index (χ1n) is 6.36. The fourth-order valence-electron chi connectivity index (χ4n) is 2.21. The van der Waals surface area contributed by atoms with Gasteiger partial charge in [-0.2, -0.15) is 0 Å². The van der Waals surface area contributed by atoms with Gasteiger partial charge in [-0.1, -0.05) is 18.2 Å². The highest BCUT2D eigenvalue weighted by atomic mass is 19.1. The maximum atomic E-state index is 13.6. The molecule has 0 fully saturated rings. The molecule has 2 aromatic carbocycles. The molecule has 5 heteroatoms. The van der Waals surface area contributed by atoms with Gasteiger partial charge in [0.25, 0.3) is 0 Å². The molecule has 1 heterocycles. The minimum Gasteiger partial charge on any atom is -0.376 e. The van der Waals surface area contributed by atoms with Crippen molar-refractivity contribution in [2.75, 3.05) is 5.32 Å². The van der Waals surface area contributed by atoms with Gasteiger partial charge in [0.1, 0.15) is 5.82 Å². The summed E-state index contributed by atoms with van der Waals surface area (Å²) in [6, 6.07) is 12.1. The maximum absolute atomic E-state index is 13.6. The first kappa shape index (κ1) is 12.5. The molecule has 0 aliphatic carbocycles. The van der Waals surface area contributed by atoms with Crippen LogP contribution < -0.4 is 11.0 Å². The van der Waals surface area contributed by atoms with Crippen molar-refractivity contribution in [1.29, 1.82) is 0 Å². The number of para-hydroxylation sites is 1. The number of nitrogens with one attached hydrogen (secondary N) is 3. The Morgan fingerprint density at radius 1 is 1.10 bits per heavy atom. The van der Waals surface area contributed by atoms with Crippen LogP contribution in [0.3, 0.4) is 0 Å². The molecule has 0 radical (unpaired) electrons. The summed E-state index contributed by atoms with van der Waals surface area (Å²) in [5.74, 6) is -0.282. The molecule has 0 bridgehead atoms. The Hall–Kier alpha value is -2.56. The van der Waals surface area contributed by atoms with Crippen LogP contribution in [0.25, 0.3) is 11.0 Å². The summed E-state index contributed by atoms with van der Waals surface area (Å²) in [5.41, 5.74) is 2.71. The number of H-pyrrole nitrogens is 2. The van der Waals surface area contributed by atoms with Gasteiger partial charge in [0.2, 0.25) is 0 Å². The van der Waals surface area contributed by atoms with Crippen LogP contribution in [-0.2, 0) is 0 Å². The maximum Gasteiger partial charge on any atom is 0.323 e. The van der Waals surface area contributed by atoms with Gasteiger partial charge in [-0.15, -0.1) is 0 Å². The van der Waals surface area contributed by atoms with Crippen molar-refractivity contribution in [2.24, 2.45) is 0 Å². The zero-order chi connectivity index (χ0) is 14.1. The van der Waals surface area contributed by atoms with Crippen LogP contribution in [0.15, 0.2) is 47.3 Å². The Balaban J connectivity index is 1.90. The van der Waals surface area contributed by atoms with Crippen LogP contribution in [0.2, 0.25) is 0 Å². The fraction of sp³-hybridized carbons (Fsp3) is 0.133. The van der Waals surface area contributed by atoms with E-state index in [1.807, 2.05) is 25.1 Å². The van der Waals surface area contributed by atoms with Crippen LogP contribution in [0.1, 0.15) is 18.5 Å². The van der Waals surface area contributed by atoms with Gasteiger partial charge >= 0.3 is 5.69 Å².